The number of rotatable bonds is 1. The molecule has 0 aromatic heterocycles. The number of carbonyl (C=O) groups excluding carboxylic acids is 3. The Morgan fingerprint density at radius 3 is 2.60 bits per heavy atom. The molecule has 4 aliphatic rings. The molecular formula is C22H30O3. The summed E-state index contributed by atoms with van der Waals surface area (Å²) in [5.74, 6) is 2.15. The predicted molar refractivity (Wildman–Crippen MR) is 95.8 cm³/mol. The minimum atomic E-state index is -0.150. The number of Topliss-reactive ketones (excluding diaryl/α,β-unsaturated/α-hetero) is 2. The lowest BCUT2D eigenvalue weighted by atomic mass is 9.45. The molecule has 0 spiro atoms. The lowest BCUT2D eigenvalue weighted by Gasteiger charge is -2.58. The van der Waals surface area contributed by atoms with Gasteiger partial charge in [-0.25, -0.2) is 0 Å². The summed E-state index contributed by atoms with van der Waals surface area (Å²) in [6.45, 7) is 8.37. The largest absolute Gasteiger partial charge is 0.300 e. The van der Waals surface area contributed by atoms with E-state index in [9.17, 15) is 14.4 Å². The minimum absolute atomic E-state index is 0.0480. The highest BCUT2D eigenvalue weighted by Gasteiger charge is 2.63. The molecule has 3 saturated carbocycles. The molecule has 4 aliphatic carbocycles. The second-order valence-corrected chi connectivity index (χ2v) is 9.76. The van der Waals surface area contributed by atoms with E-state index >= 15 is 0 Å². The predicted octanol–water partition coefficient (Wildman–Crippen LogP) is 4.15. The molecule has 0 unspecified atom stereocenters. The van der Waals surface area contributed by atoms with Gasteiger partial charge in [-0.15, -0.1) is 0 Å². The van der Waals surface area contributed by atoms with Crippen LogP contribution in [0.25, 0.3) is 0 Å². The molecule has 3 fully saturated rings. The molecular weight excluding hydrogens is 312 g/mol. The Morgan fingerprint density at radius 1 is 1.20 bits per heavy atom. The lowest BCUT2D eigenvalue weighted by molar-refractivity contribution is -0.149. The van der Waals surface area contributed by atoms with Crippen LogP contribution in [0.5, 0.6) is 0 Å². The van der Waals surface area contributed by atoms with Gasteiger partial charge >= 0.3 is 0 Å². The SMILES string of the molecule is CC(=O)[C@@H]1CC[C@@H]2[C@H]3C[C@H](C)C4=CC(=O)CC[C@]4(C)[C@@H]3C(=O)C[C@]21C. The van der Waals surface area contributed by atoms with Gasteiger partial charge in [0.1, 0.15) is 11.6 Å². The summed E-state index contributed by atoms with van der Waals surface area (Å²) in [6, 6.07) is 0. The molecule has 3 heteroatoms. The van der Waals surface area contributed by atoms with Gasteiger partial charge in [0, 0.05) is 24.7 Å². The van der Waals surface area contributed by atoms with Crippen LogP contribution in [0.4, 0.5) is 0 Å². The van der Waals surface area contributed by atoms with Crippen molar-refractivity contribution in [3.63, 3.8) is 0 Å². The first-order valence-electron chi connectivity index (χ1n) is 9.96. The average Bonchev–Trinajstić information content (AvgIpc) is 2.85. The smallest absolute Gasteiger partial charge is 0.155 e. The van der Waals surface area contributed by atoms with Gasteiger partial charge < -0.3 is 0 Å². The van der Waals surface area contributed by atoms with E-state index in [0.29, 0.717) is 36.4 Å². The normalized spacial score (nSPS) is 49.1. The molecule has 7 atom stereocenters. The monoisotopic (exact) mass is 342 g/mol. The highest BCUT2D eigenvalue weighted by atomic mass is 16.1. The van der Waals surface area contributed by atoms with Crippen molar-refractivity contribution in [3.05, 3.63) is 11.6 Å². The molecule has 0 aromatic rings. The van der Waals surface area contributed by atoms with Crippen LogP contribution in [-0.2, 0) is 14.4 Å². The van der Waals surface area contributed by atoms with E-state index in [-0.39, 0.29) is 34.2 Å². The van der Waals surface area contributed by atoms with Crippen LogP contribution in [-0.4, -0.2) is 17.3 Å². The molecule has 0 N–H and O–H groups in total. The maximum Gasteiger partial charge on any atom is 0.155 e. The van der Waals surface area contributed by atoms with Crippen molar-refractivity contribution in [2.45, 2.75) is 66.2 Å². The zero-order valence-electron chi connectivity index (χ0n) is 15.9. The van der Waals surface area contributed by atoms with E-state index in [0.717, 1.165) is 25.7 Å². The summed E-state index contributed by atoms with van der Waals surface area (Å²) in [4.78, 5) is 37.6. The van der Waals surface area contributed by atoms with Crippen LogP contribution in [0.15, 0.2) is 11.6 Å². The quantitative estimate of drug-likeness (QED) is 0.719. The second kappa shape index (κ2) is 5.37. The maximum atomic E-state index is 13.4. The Bertz CT molecular complexity index is 689. The van der Waals surface area contributed by atoms with Crippen molar-refractivity contribution in [2.24, 2.45) is 40.4 Å². The molecule has 0 aromatic carbocycles. The van der Waals surface area contributed by atoms with Crippen LogP contribution < -0.4 is 0 Å². The first kappa shape index (κ1) is 17.2. The van der Waals surface area contributed by atoms with Crippen molar-refractivity contribution in [3.8, 4) is 0 Å². The van der Waals surface area contributed by atoms with Gasteiger partial charge in [0.15, 0.2) is 5.78 Å². The summed E-state index contributed by atoms with van der Waals surface area (Å²) in [6.07, 6.45) is 6.81. The van der Waals surface area contributed by atoms with E-state index in [4.69, 9.17) is 0 Å². The number of carbonyl (C=O) groups is 3. The number of fused-ring (bicyclic) bond motifs is 5. The fourth-order valence-electron chi connectivity index (χ4n) is 7.49. The molecule has 0 heterocycles. The van der Waals surface area contributed by atoms with Crippen LogP contribution in [0.3, 0.4) is 0 Å². The van der Waals surface area contributed by atoms with Crippen LogP contribution in [0.1, 0.15) is 66.2 Å². The van der Waals surface area contributed by atoms with Gasteiger partial charge in [0.2, 0.25) is 0 Å². The van der Waals surface area contributed by atoms with E-state index < -0.39 is 0 Å². The van der Waals surface area contributed by atoms with Crippen molar-refractivity contribution < 1.29 is 14.4 Å². The number of hydrogen-bond acceptors (Lipinski definition) is 3. The first-order chi connectivity index (χ1) is 11.7. The van der Waals surface area contributed by atoms with E-state index in [2.05, 4.69) is 20.8 Å². The molecule has 136 valence electrons. The van der Waals surface area contributed by atoms with Crippen LogP contribution in [0.2, 0.25) is 0 Å². The number of ketones is 3. The topological polar surface area (TPSA) is 51.2 Å². The van der Waals surface area contributed by atoms with Crippen LogP contribution >= 0.6 is 0 Å². The summed E-state index contributed by atoms with van der Waals surface area (Å²) in [5, 5.41) is 0. The molecule has 25 heavy (non-hydrogen) atoms. The molecule has 0 aliphatic heterocycles. The third-order valence-corrected chi connectivity index (χ3v) is 8.46. The molecule has 0 radical (unpaired) electrons. The molecule has 0 amide bonds. The second-order valence-electron chi connectivity index (χ2n) is 9.76. The fraction of sp³-hybridized carbons (Fsp3) is 0.773. The fourth-order valence-corrected chi connectivity index (χ4v) is 7.49. The van der Waals surface area contributed by atoms with Gasteiger partial charge in [0.25, 0.3) is 0 Å². The highest BCUT2D eigenvalue weighted by molar-refractivity contribution is 5.93. The molecule has 3 nitrogen and oxygen atoms in total. The highest BCUT2D eigenvalue weighted by Crippen LogP contribution is 2.66. The summed E-state index contributed by atoms with van der Waals surface area (Å²) >= 11 is 0. The third kappa shape index (κ3) is 2.20. The molecule has 4 rings (SSSR count). The van der Waals surface area contributed by atoms with Crippen molar-refractivity contribution >= 4 is 17.3 Å². The Morgan fingerprint density at radius 2 is 1.92 bits per heavy atom. The zero-order chi connectivity index (χ0) is 18.1. The average molecular weight is 342 g/mol. The molecule has 0 saturated heterocycles. The van der Waals surface area contributed by atoms with Gasteiger partial charge in [-0.3, -0.25) is 14.4 Å². The van der Waals surface area contributed by atoms with E-state index in [1.54, 1.807) is 6.92 Å². The van der Waals surface area contributed by atoms with Crippen LogP contribution in [0, 0.1) is 40.4 Å². The Balaban J connectivity index is 1.77. The Kier molecular flexibility index (Phi) is 3.69. The van der Waals surface area contributed by atoms with Gasteiger partial charge in [-0.1, -0.05) is 26.3 Å². The summed E-state index contributed by atoms with van der Waals surface area (Å²) in [7, 11) is 0. The standard InChI is InChI=1S/C22H30O3/c1-12-9-15-17-6-5-16(13(2)23)22(17,4)11-19(25)20(15)21(3)8-7-14(24)10-18(12)21/h10,12,15-17,20H,5-9,11H2,1-4H3/t12-,15+,16-,17+,20-,21-,22-/m0/s1. The number of hydrogen-bond donors (Lipinski definition) is 0. The minimum Gasteiger partial charge on any atom is -0.300 e. The van der Waals surface area contributed by atoms with Crippen molar-refractivity contribution in [1.82, 2.24) is 0 Å². The van der Waals surface area contributed by atoms with Gasteiger partial charge in [-0.05, 0) is 67.3 Å². The van der Waals surface area contributed by atoms with E-state index in [1.807, 2.05) is 6.08 Å². The van der Waals surface area contributed by atoms with Crippen molar-refractivity contribution in [2.75, 3.05) is 0 Å². The maximum absolute atomic E-state index is 13.4. The first-order valence-corrected chi connectivity index (χ1v) is 9.96. The summed E-state index contributed by atoms with van der Waals surface area (Å²) in [5.41, 5.74) is 0.928. The summed E-state index contributed by atoms with van der Waals surface area (Å²) < 4.78 is 0. The number of allylic oxidation sites excluding steroid dienone is 1. The Labute approximate surface area is 150 Å². The van der Waals surface area contributed by atoms with Gasteiger partial charge in [-0.2, -0.15) is 0 Å². The Hall–Kier alpha value is -1.25. The zero-order valence-corrected chi connectivity index (χ0v) is 15.9. The van der Waals surface area contributed by atoms with Gasteiger partial charge in [0.05, 0.1) is 0 Å². The lowest BCUT2D eigenvalue weighted by Crippen LogP contribution is -2.56. The van der Waals surface area contributed by atoms with Crippen molar-refractivity contribution in [1.29, 1.82) is 0 Å². The molecule has 0 bridgehead atoms. The van der Waals surface area contributed by atoms with E-state index in [1.165, 1.54) is 5.57 Å². The third-order valence-electron chi connectivity index (χ3n) is 8.46.